The van der Waals surface area contributed by atoms with Gasteiger partial charge in [-0.15, -0.1) is 0 Å². The lowest BCUT2D eigenvalue weighted by molar-refractivity contribution is -0.121. The fourth-order valence-corrected chi connectivity index (χ4v) is 4.30. The fraction of sp³-hybridized carbons (Fsp3) is 0.438. The number of nitrogens with one attached hydrogen (secondary N) is 1. The number of nitrogens with zero attached hydrogens (tertiary/aromatic N) is 4. The van der Waals surface area contributed by atoms with Crippen LogP contribution in [0.3, 0.4) is 0 Å². The molecular formula is C16H21N5O4S. The molecule has 9 nitrogen and oxygen atoms in total. The molecular weight excluding hydrogens is 358 g/mol. The van der Waals surface area contributed by atoms with Crippen LogP contribution in [0.2, 0.25) is 0 Å². The molecule has 1 aromatic carbocycles. The summed E-state index contributed by atoms with van der Waals surface area (Å²) in [5.41, 5.74) is 0.563. The molecule has 0 atom stereocenters. The first-order chi connectivity index (χ1) is 12.6. The average molecular weight is 379 g/mol. The molecule has 0 radical (unpaired) electrons. The standard InChI is InChI=1S/C16H21N5O4S/c22-16(5-6-20-13-17-12-19-20)18-11-14-3-1-2-4-15(14)26(23,24)21-7-9-25-10-8-21/h1-4,12-13H,5-11H2,(H,18,22). The Morgan fingerprint density at radius 3 is 2.73 bits per heavy atom. The summed E-state index contributed by atoms with van der Waals surface area (Å²) in [6.07, 6.45) is 3.18. The summed E-state index contributed by atoms with van der Waals surface area (Å²) in [5, 5.41) is 6.70. The summed E-state index contributed by atoms with van der Waals surface area (Å²) in [7, 11) is -3.61. The smallest absolute Gasteiger partial charge is 0.243 e. The molecule has 0 unspecified atom stereocenters. The van der Waals surface area contributed by atoms with Gasteiger partial charge in [0.05, 0.1) is 24.7 Å². The quantitative estimate of drug-likeness (QED) is 0.726. The fourth-order valence-electron chi connectivity index (χ4n) is 2.67. The van der Waals surface area contributed by atoms with Crippen molar-refractivity contribution in [3.8, 4) is 0 Å². The maximum Gasteiger partial charge on any atom is 0.243 e. The third kappa shape index (κ3) is 4.45. The number of sulfonamides is 1. The van der Waals surface area contributed by atoms with E-state index in [1.54, 1.807) is 28.9 Å². The number of hydrogen-bond donors (Lipinski definition) is 1. The van der Waals surface area contributed by atoms with Crippen LogP contribution in [-0.2, 0) is 32.6 Å². The molecule has 10 heteroatoms. The van der Waals surface area contributed by atoms with Gasteiger partial charge >= 0.3 is 0 Å². The van der Waals surface area contributed by atoms with Crippen LogP contribution in [-0.4, -0.2) is 59.7 Å². The molecule has 2 heterocycles. The van der Waals surface area contributed by atoms with E-state index in [0.717, 1.165) is 0 Å². The Hall–Kier alpha value is -2.30. The van der Waals surface area contributed by atoms with Gasteiger partial charge in [-0.2, -0.15) is 9.40 Å². The van der Waals surface area contributed by atoms with Crippen molar-refractivity contribution in [1.82, 2.24) is 24.4 Å². The average Bonchev–Trinajstić information content (AvgIpc) is 3.19. The molecule has 0 spiro atoms. The van der Waals surface area contributed by atoms with E-state index in [9.17, 15) is 13.2 Å². The van der Waals surface area contributed by atoms with Gasteiger partial charge in [-0.3, -0.25) is 9.48 Å². The number of carbonyl (C=O) groups excluding carboxylic acids is 1. The zero-order valence-corrected chi connectivity index (χ0v) is 15.1. The highest BCUT2D eigenvalue weighted by Crippen LogP contribution is 2.21. The first-order valence-corrected chi connectivity index (χ1v) is 9.76. The van der Waals surface area contributed by atoms with Crippen LogP contribution in [0.4, 0.5) is 0 Å². The molecule has 0 saturated carbocycles. The van der Waals surface area contributed by atoms with Gasteiger partial charge in [0.1, 0.15) is 12.7 Å². The Kier molecular flexibility index (Phi) is 5.96. The molecule has 1 N–H and O–H groups in total. The third-order valence-electron chi connectivity index (χ3n) is 4.07. The highest BCUT2D eigenvalue weighted by molar-refractivity contribution is 7.89. The largest absolute Gasteiger partial charge is 0.379 e. The number of hydrogen-bond acceptors (Lipinski definition) is 6. The Morgan fingerprint density at radius 2 is 2.00 bits per heavy atom. The molecule has 1 amide bonds. The van der Waals surface area contributed by atoms with Crippen molar-refractivity contribution in [2.75, 3.05) is 26.3 Å². The zero-order chi connectivity index (χ0) is 18.4. The maximum atomic E-state index is 12.9. The summed E-state index contributed by atoms with van der Waals surface area (Å²) in [5.74, 6) is -0.181. The van der Waals surface area contributed by atoms with Crippen molar-refractivity contribution in [2.24, 2.45) is 0 Å². The van der Waals surface area contributed by atoms with Gasteiger partial charge in [-0.1, -0.05) is 18.2 Å². The minimum atomic E-state index is -3.61. The Balaban J connectivity index is 1.64. The van der Waals surface area contributed by atoms with Crippen molar-refractivity contribution >= 4 is 15.9 Å². The number of rotatable bonds is 7. The van der Waals surface area contributed by atoms with Crippen LogP contribution in [0.5, 0.6) is 0 Å². The van der Waals surface area contributed by atoms with Crippen molar-refractivity contribution in [1.29, 1.82) is 0 Å². The number of amides is 1. The Morgan fingerprint density at radius 1 is 1.23 bits per heavy atom. The summed E-state index contributed by atoms with van der Waals surface area (Å²) in [4.78, 5) is 16.1. The number of aryl methyl sites for hydroxylation is 1. The number of carbonyl (C=O) groups is 1. The number of morpholine rings is 1. The van der Waals surface area contributed by atoms with Gasteiger partial charge in [-0.05, 0) is 11.6 Å². The van der Waals surface area contributed by atoms with Crippen molar-refractivity contribution in [3.05, 3.63) is 42.5 Å². The topological polar surface area (TPSA) is 106 Å². The molecule has 1 saturated heterocycles. The van der Waals surface area contributed by atoms with Crippen LogP contribution >= 0.6 is 0 Å². The predicted molar refractivity (Wildman–Crippen MR) is 92.5 cm³/mol. The van der Waals surface area contributed by atoms with E-state index in [-0.39, 0.29) is 23.8 Å². The molecule has 1 aromatic heterocycles. The highest BCUT2D eigenvalue weighted by atomic mass is 32.2. The zero-order valence-electron chi connectivity index (χ0n) is 14.2. The summed E-state index contributed by atoms with van der Waals surface area (Å²) in [6.45, 7) is 2.01. The second-order valence-corrected chi connectivity index (χ2v) is 7.72. The second kappa shape index (κ2) is 8.39. The molecule has 1 fully saturated rings. The van der Waals surface area contributed by atoms with Crippen LogP contribution in [0.15, 0.2) is 41.8 Å². The second-order valence-electron chi connectivity index (χ2n) is 5.81. The van der Waals surface area contributed by atoms with E-state index in [0.29, 0.717) is 38.4 Å². The molecule has 0 bridgehead atoms. The van der Waals surface area contributed by atoms with Crippen molar-refractivity contribution < 1.29 is 17.9 Å². The van der Waals surface area contributed by atoms with E-state index in [1.807, 2.05) is 0 Å². The molecule has 140 valence electrons. The van der Waals surface area contributed by atoms with E-state index >= 15 is 0 Å². The minimum Gasteiger partial charge on any atom is -0.379 e. The van der Waals surface area contributed by atoms with Gasteiger partial charge in [-0.25, -0.2) is 13.4 Å². The Labute approximate surface area is 152 Å². The molecule has 26 heavy (non-hydrogen) atoms. The van der Waals surface area contributed by atoms with Crippen molar-refractivity contribution in [2.45, 2.75) is 24.4 Å². The lowest BCUT2D eigenvalue weighted by atomic mass is 10.2. The van der Waals surface area contributed by atoms with Gasteiger partial charge in [0.2, 0.25) is 15.9 Å². The maximum absolute atomic E-state index is 12.9. The molecule has 1 aliphatic heterocycles. The number of benzene rings is 1. The Bertz CT molecular complexity index is 832. The SMILES string of the molecule is O=C(CCn1cncn1)NCc1ccccc1S(=O)(=O)N1CCOCC1. The third-order valence-corrected chi connectivity index (χ3v) is 6.07. The number of aromatic nitrogens is 3. The van der Waals surface area contributed by atoms with Crippen LogP contribution in [0.1, 0.15) is 12.0 Å². The van der Waals surface area contributed by atoms with Gasteiger partial charge in [0.15, 0.2) is 0 Å². The van der Waals surface area contributed by atoms with Gasteiger partial charge in [0, 0.05) is 26.1 Å². The highest BCUT2D eigenvalue weighted by Gasteiger charge is 2.28. The lowest BCUT2D eigenvalue weighted by Crippen LogP contribution is -2.41. The molecule has 0 aliphatic carbocycles. The van der Waals surface area contributed by atoms with Gasteiger partial charge < -0.3 is 10.1 Å². The molecule has 1 aliphatic rings. The summed E-state index contributed by atoms with van der Waals surface area (Å²) >= 11 is 0. The van der Waals surface area contributed by atoms with E-state index in [4.69, 9.17) is 4.74 Å². The lowest BCUT2D eigenvalue weighted by Gasteiger charge is -2.27. The first-order valence-electron chi connectivity index (χ1n) is 8.32. The summed E-state index contributed by atoms with van der Waals surface area (Å²) in [6, 6.07) is 6.73. The van der Waals surface area contributed by atoms with E-state index in [2.05, 4.69) is 15.4 Å². The number of ether oxygens (including phenoxy) is 1. The first kappa shape index (κ1) is 18.5. The predicted octanol–water partition coefficient (Wildman–Crippen LogP) is 0.00550. The normalized spacial score (nSPS) is 15.7. The summed E-state index contributed by atoms with van der Waals surface area (Å²) < 4.78 is 34.0. The molecule has 3 rings (SSSR count). The van der Waals surface area contributed by atoms with Crippen LogP contribution in [0.25, 0.3) is 0 Å². The van der Waals surface area contributed by atoms with Crippen LogP contribution < -0.4 is 5.32 Å². The van der Waals surface area contributed by atoms with Gasteiger partial charge in [0.25, 0.3) is 0 Å². The van der Waals surface area contributed by atoms with E-state index < -0.39 is 10.0 Å². The van der Waals surface area contributed by atoms with E-state index in [1.165, 1.54) is 17.0 Å². The van der Waals surface area contributed by atoms with Crippen LogP contribution in [0, 0.1) is 0 Å². The minimum absolute atomic E-state index is 0.149. The van der Waals surface area contributed by atoms with Crippen molar-refractivity contribution in [3.63, 3.8) is 0 Å². The molecule has 2 aromatic rings. The monoisotopic (exact) mass is 379 g/mol.